The number of ether oxygens (including phenoxy) is 1. The molecule has 1 aromatic carbocycles. The maximum atomic E-state index is 11.5. The van der Waals surface area contributed by atoms with Gasteiger partial charge in [-0.2, -0.15) is 0 Å². The van der Waals surface area contributed by atoms with Crippen LogP contribution in [0.1, 0.15) is 32.8 Å². The monoisotopic (exact) mass is 341 g/mol. The minimum atomic E-state index is -0.139. The molecule has 0 unspecified atom stereocenters. The first kappa shape index (κ1) is 21.6. The number of aliphatic hydroxyl groups is 1. The van der Waals surface area contributed by atoms with Crippen LogP contribution in [0.3, 0.4) is 0 Å². The lowest BCUT2D eigenvalue weighted by atomic mass is 10.2. The Balaban J connectivity index is 0.000000450. The van der Waals surface area contributed by atoms with Gasteiger partial charge in [0.25, 0.3) is 5.91 Å². The van der Waals surface area contributed by atoms with Crippen molar-refractivity contribution in [2.24, 2.45) is 0 Å². The topological polar surface area (TPSA) is 66.8 Å². The van der Waals surface area contributed by atoms with E-state index in [1.807, 2.05) is 38.1 Å². The fourth-order valence-electron chi connectivity index (χ4n) is 1.52. The molecule has 0 spiro atoms. The van der Waals surface area contributed by atoms with E-state index in [1.54, 1.807) is 11.8 Å². The second kappa shape index (κ2) is 12.1. The minimum Gasteiger partial charge on any atom is -0.393 e. The Morgan fingerprint density at radius 1 is 1.39 bits per heavy atom. The third kappa shape index (κ3) is 10.9. The van der Waals surface area contributed by atoms with Crippen LogP contribution in [0.25, 0.3) is 0 Å². The number of benzene rings is 1. The zero-order valence-corrected chi connectivity index (χ0v) is 15.2. The molecular weight excluding hydrogens is 314 g/mol. The summed E-state index contributed by atoms with van der Waals surface area (Å²) in [6.07, 6.45) is 0.745. The number of carbonyl (C=O) groups is 2. The summed E-state index contributed by atoms with van der Waals surface area (Å²) in [5, 5.41) is 8.22. The number of anilines is 1. The Kier molecular flexibility index (Phi) is 11.4. The average Bonchev–Trinajstić information content (AvgIpc) is 2.49. The van der Waals surface area contributed by atoms with Crippen LogP contribution in [0, 0.1) is 6.92 Å². The van der Waals surface area contributed by atoms with Crippen molar-refractivity contribution in [3.8, 4) is 0 Å². The smallest absolute Gasteiger partial charge is 0.253 e. The van der Waals surface area contributed by atoms with Gasteiger partial charge in [-0.3, -0.25) is 9.59 Å². The number of aliphatic hydroxyl groups excluding tert-OH is 1. The predicted octanol–water partition coefficient (Wildman–Crippen LogP) is 2.60. The van der Waals surface area contributed by atoms with E-state index in [4.69, 9.17) is 9.84 Å². The highest BCUT2D eigenvalue weighted by Gasteiger charge is 2.19. The van der Waals surface area contributed by atoms with Crippen LogP contribution in [0.4, 0.5) is 5.69 Å². The predicted molar refractivity (Wildman–Crippen MR) is 96.0 cm³/mol. The molecule has 0 radical (unpaired) electrons. The minimum absolute atomic E-state index is 0.0418. The molecule has 1 fully saturated rings. The second-order valence-corrected chi connectivity index (χ2v) is 5.84. The van der Waals surface area contributed by atoms with Crippen molar-refractivity contribution < 1.29 is 19.4 Å². The van der Waals surface area contributed by atoms with Gasteiger partial charge in [-0.1, -0.05) is 24.6 Å². The van der Waals surface area contributed by atoms with Gasteiger partial charge in [0.05, 0.1) is 12.7 Å². The Morgan fingerprint density at radius 3 is 2.26 bits per heavy atom. The molecule has 0 bridgehead atoms. The van der Waals surface area contributed by atoms with Gasteiger partial charge in [-0.05, 0) is 32.4 Å². The molecule has 2 rings (SSSR count). The number of hydrogen-bond donors (Lipinski definition) is 2. The second-order valence-electron chi connectivity index (χ2n) is 5.21. The number of aryl methyl sites for hydroxylation is 1. The zero-order valence-electron chi connectivity index (χ0n) is 14.3. The first-order valence-electron chi connectivity index (χ1n) is 7.60. The van der Waals surface area contributed by atoms with Gasteiger partial charge < -0.3 is 14.7 Å². The van der Waals surface area contributed by atoms with Crippen molar-refractivity contribution in [3.05, 3.63) is 29.8 Å². The molecule has 0 saturated carbocycles. The van der Waals surface area contributed by atoms with Gasteiger partial charge in [0.15, 0.2) is 5.12 Å². The zero-order chi connectivity index (χ0) is 17.8. The van der Waals surface area contributed by atoms with E-state index in [0.717, 1.165) is 12.1 Å². The molecule has 23 heavy (non-hydrogen) atoms. The highest BCUT2D eigenvalue weighted by molar-refractivity contribution is 7.96. The Labute approximate surface area is 144 Å². The molecular formula is C17H27NO4S. The number of hydrogen-bond acceptors (Lipinski definition) is 4. The number of amides is 1. The first-order valence-corrected chi connectivity index (χ1v) is 8.05. The normalized spacial score (nSPS) is 14.9. The van der Waals surface area contributed by atoms with E-state index in [0.29, 0.717) is 13.2 Å². The van der Waals surface area contributed by atoms with Crippen LogP contribution in [0.5, 0.6) is 0 Å². The van der Waals surface area contributed by atoms with Crippen molar-refractivity contribution in [2.45, 2.75) is 40.2 Å². The van der Waals surface area contributed by atoms with E-state index in [-0.39, 0.29) is 23.7 Å². The van der Waals surface area contributed by atoms with Crippen LogP contribution >= 0.6 is 12.6 Å². The molecule has 1 amide bonds. The highest BCUT2D eigenvalue weighted by atomic mass is 32.1. The summed E-state index contributed by atoms with van der Waals surface area (Å²) >= 11 is 3.33. The van der Waals surface area contributed by atoms with E-state index in [2.05, 4.69) is 12.6 Å². The molecule has 130 valence electrons. The maximum absolute atomic E-state index is 11.5. The highest BCUT2D eigenvalue weighted by Crippen LogP contribution is 2.16. The molecule has 1 heterocycles. The van der Waals surface area contributed by atoms with Gasteiger partial charge >= 0.3 is 0 Å². The molecule has 1 aliphatic rings. The van der Waals surface area contributed by atoms with Gasteiger partial charge in [-0.15, -0.1) is 12.6 Å². The van der Waals surface area contributed by atoms with Crippen molar-refractivity contribution in [3.63, 3.8) is 0 Å². The third-order valence-corrected chi connectivity index (χ3v) is 2.92. The standard InChI is InChI=1S/C11H13NO2.C4H10O.C2H4OS/c1-9-2-4-10(5-3-9)12-6-7-14-8-11(12)13;1-3-4(2)5;1-2(3)4/h2-5H,6-8H2,1H3;4-5H,3H2,1-2H3;1H3,(H,3,4)/t;4-;/m.1./s1. The van der Waals surface area contributed by atoms with Gasteiger partial charge in [0.2, 0.25) is 0 Å². The van der Waals surface area contributed by atoms with Crippen LogP contribution in [0.2, 0.25) is 0 Å². The summed E-state index contributed by atoms with van der Waals surface area (Å²) in [6, 6.07) is 7.97. The molecule has 1 saturated heterocycles. The molecule has 1 aromatic rings. The van der Waals surface area contributed by atoms with E-state index in [1.165, 1.54) is 12.5 Å². The largest absolute Gasteiger partial charge is 0.393 e. The van der Waals surface area contributed by atoms with Crippen molar-refractivity contribution in [1.82, 2.24) is 0 Å². The van der Waals surface area contributed by atoms with Crippen molar-refractivity contribution in [2.75, 3.05) is 24.7 Å². The van der Waals surface area contributed by atoms with Crippen molar-refractivity contribution >= 4 is 29.3 Å². The summed E-state index contributed by atoms with van der Waals surface area (Å²) in [6.45, 7) is 8.63. The maximum Gasteiger partial charge on any atom is 0.253 e. The SMILES string of the molecule is CC(=O)S.CC[C@@H](C)O.Cc1ccc(N2CCOCC2=O)cc1. The van der Waals surface area contributed by atoms with E-state index >= 15 is 0 Å². The third-order valence-electron chi connectivity index (χ3n) is 2.92. The van der Waals surface area contributed by atoms with Crippen molar-refractivity contribution in [1.29, 1.82) is 0 Å². The summed E-state index contributed by atoms with van der Waals surface area (Å²) in [4.78, 5) is 22.6. The van der Waals surface area contributed by atoms with Crippen LogP contribution < -0.4 is 4.90 Å². The number of rotatable bonds is 2. The summed E-state index contributed by atoms with van der Waals surface area (Å²) in [5.74, 6) is 0.0418. The first-order chi connectivity index (χ1) is 10.8. The fourth-order valence-corrected chi connectivity index (χ4v) is 1.52. The van der Waals surface area contributed by atoms with E-state index in [9.17, 15) is 9.59 Å². The molecule has 5 nitrogen and oxygen atoms in total. The number of morpholine rings is 1. The van der Waals surface area contributed by atoms with Gasteiger partial charge in [0.1, 0.15) is 6.61 Å². The summed E-state index contributed by atoms with van der Waals surface area (Å²) < 4.78 is 5.07. The van der Waals surface area contributed by atoms with Crippen LogP contribution in [-0.4, -0.2) is 42.0 Å². The van der Waals surface area contributed by atoms with Gasteiger partial charge in [-0.25, -0.2) is 0 Å². The van der Waals surface area contributed by atoms with E-state index < -0.39 is 0 Å². The van der Waals surface area contributed by atoms with Crippen LogP contribution in [-0.2, 0) is 14.3 Å². The molecule has 1 aliphatic heterocycles. The Hall–Kier alpha value is -1.37. The Morgan fingerprint density at radius 2 is 1.87 bits per heavy atom. The number of thiol groups is 1. The molecule has 1 atom stereocenters. The quantitative estimate of drug-likeness (QED) is 0.812. The van der Waals surface area contributed by atoms with Crippen LogP contribution in [0.15, 0.2) is 24.3 Å². The van der Waals surface area contributed by atoms with Gasteiger partial charge in [0, 0.05) is 19.2 Å². The lowest BCUT2D eigenvalue weighted by Crippen LogP contribution is -2.41. The fraction of sp³-hybridized carbons (Fsp3) is 0.529. The number of nitrogens with zero attached hydrogens (tertiary/aromatic N) is 1. The molecule has 1 N–H and O–H groups in total. The number of carbonyl (C=O) groups excluding carboxylic acids is 2. The lowest BCUT2D eigenvalue weighted by molar-refractivity contribution is -0.125. The summed E-state index contributed by atoms with van der Waals surface area (Å²) in [5.41, 5.74) is 2.17. The Bertz CT molecular complexity index is 470. The molecule has 0 aliphatic carbocycles. The lowest BCUT2D eigenvalue weighted by Gasteiger charge is -2.26. The molecule has 0 aromatic heterocycles. The molecule has 6 heteroatoms. The average molecular weight is 341 g/mol. The summed E-state index contributed by atoms with van der Waals surface area (Å²) in [7, 11) is 0.